The molecule has 0 aromatic heterocycles. The number of aryl methyl sites for hydroxylation is 1. The van der Waals surface area contributed by atoms with Crippen LogP contribution in [0.2, 0.25) is 0 Å². The maximum atomic E-state index is 12.3. The highest BCUT2D eigenvalue weighted by atomic mass is 35.5. The van der Waals surface area contributed by atoms with Crippen molar-refractivity contribution in [2.75, 3.05) is 38.0 Å². The number of nitrogens with zero attached hydrogens (tertiary/aromatic N) is 1. The van der Waals surface area contributed by atoms with Gasteiger partial charge < -0.3 is 16.4 Å². The standard InChI is InChI=1S/C18H28N4O2.ClH/c1-2-14-5-3-7-16(11-14)21-17(23)13-22-10-4-6-15(12-22)18(24)20-9-8-19;/h3,5,7,11,15H,2,4,6,8-10,12-13,19H2,1H3,(H,20,24)(H,21,23);1H. The number of nitrogens with one attached hydrogen (secondary N) is 2. The van der Waals surface area contributed by atoms with Crippen molar-refractivity contribution in [3.63, 3.8) is 0 Å². The first-order valence-electron chi connectivity index (χ1n) is 8.71. The fourth-order valence-electron chi connectivity index (χ4n) is 3.03. The predicted molar refractivity (Wildman–Crippen MR) is 103 cm³/mol. The molecule has 0 aliphatic carbocycles. The molecule has 1 aliphatic rings. The normalized spacial score (nSPS) is 17.4. The van der Waals surface area contributed by atoms with E-state index in [4.69, 9.17) is 5.73 Å². The van der Waals surface area contributed by atoms with Gasteiger partial charge in [0.25, 0.3) is 0 Å². The molecule has 1 atom stereocenters. The Morgan fingerprint density at radius 3 is 2.88 bits per heavy atom. The first-order valence-corrected chi connectivity index (χ1v) is 8.71. The van der Waals surface area contributed by atoms with E-state index < -0.39 is 0 Å². The third-order valence-electron chi connectivity index (χ3n) is 4.31. The summed E-state index contributed by atoms with van der Waals surface area (Å²) in [5.74, 6) is -0.0472. The van der Waals surface area contributed by atoms with Crippen LogP contribution in [0.3, 0.4) is 0 Å². The van der Waals surface area contributed by atoms with Crippen molar-refractivity contribution in [1.82, 2.24) is 10.2 Å². The van der Waals surface area contributed by atoms with Gasteiger partial charge in [-0.1, -0.05) is 19.1 Å². The number of hydrogen-bond acceptors (Lipinski definition) is 4. The van der Waals surface area contributed by atoms with E-state index in [9.17, 15) is 9.59 Å². The molecule has 140 valence electrons. The number of anilines is 1. The highest BCUT2D eigenvalue weighted by Crippen LogP contribution is 2.17. The summed E-state index contributed by atoms with van der Waals surface area (Å²) in [6, 6.07) is 7.89. The van der Waals surface area contributed by atoms with Gasteiger partial charge in [-0.15, -0.1) is 12.4 Å². The van der Waals surface area contributed by atoms with Gasteiger partial charge in [-0.05, 0) is 43.5 Å². The minimum Gasteiger partial charge on any atom is -0.355 e. The molecule has 2 amide bonds. The Kier molecular flexibility index (Phi) is 9.49. The molecule has 4 N–H and O–H groups in total. The first-order chi connectivity index (χ1) is 11.6. The second kappa shape index (κ2) is 11.1. The molecular weight excluding hydrogens is 340 g/mol. The third kappa shape index (κ3) is 7.02. The van der Waals surface area contributed by atoms with Crippen molar-refractivity contribution in [2.45, 2.75) is 26.2 Å². The summed E-state index contributed by atoms with van der Waals surface area (Å²) in [5, 5.41) is 5.78. The third-order valence-corrected chi connectivity index (χ3v) is 4.31. The van der Waals surface area contributed by atoms with Crippen molar-refractivity contribution in [3.8, 4) is 0 Å². The molecule has 0 bridgehead atoms. The molecule has 6 nitrogen and oxygen atoms in total. The van der Waals surface area contributed by atoms with Crippen LogP contribution < -0.4 is 16.4 Å². The number of likely N-dealkylation sites (tertiary alicyclic amines) is 1. The Balaban J connectivity index is 0.00000312. The van der Waals surface area contributed by atoms with E-state index in [1.165, 1.54) is 5.56 Å². The molecule has 7 heteroatoms. The Bertz CT molecular complexity index is 568. The van der Waals surface area contributed by atoms with Crippen LogP contribution in [-0.4, -0.2) is 49.4 Å². The fraction of sp³-hybridized carbons (Fsp3) is 0.556. The van der Waals surface area contributed by atoms with Gasteiger partial charge in [0, 0.05) is 25.3 Å². The Morgan fingerprint density at radius 2 is 2.16 bits per heavy atom. The number of halogens is 1. The van der Waals surface area contributed by atoms with Gasteiger partial charge in [0.15, 0.2) is 0 Å². The summed E-state index contributed by atoms with van der Waals surface area (Å²) in [5.41, 5.74) is 7.44. The van der Waals surface area contributed by atoms with Crippen LogP contribution in [0, 0.1) is 5.92 Å². The molecule has 1 aliphatic heterocycles. The number of carbonyl (C=O) groups is 2. The second-order valence-corrected chi connectivity index (χ2v) is 6.26. The topological polar surface area (TPSA) is 87.5 Å². The van der Waals surface area contributed by atoms with E-state index in [2.05, 4.69) is 22.5 Å². The van der Waals surface area contributed by atoms with Crippen LogP contribution in [0.1, 0.15) is 25.3 Å². The Morgan fingerprint density at radius 1 is 1.36 bits per heavy atom. The lowest BCUT2D eigenvalue weighted by Crippen LogP contribution is -2.46. The van der Waals surface area contributed by atoms with Gasteiger partial charge in [-0.25, -0.2) is 0 Å². The fourth-order valence-corrected chi connectivity index (χ4v) is 3.03. The molecule has 1 unspecified atom stereocenters. The average Bonchev–Trinajstić information content (AvgIpc) is 2.59. The van der Waals surface area contributed by atoms with Gasteiger partial charge in [0.1, 0.15) is 0 Å². The molecule has 1 heterocycles. The molecule has 0 spiro atoms. The van der Waals surface area contributed by atoms with Crippen LogP contribution in [0.5, 0.6) is 0 Å². The van der Waals surface area contributed by atoms with E-state index in [1.807, 2.05) is 24.3 Å². The van der Waals surface area contributed by atoms with E-state index in [-0.39, 0.29) is 30.1 Å². The van der Waals surface area contributed by atoms with Gasteiger partial charge in [-0.2, -0.15) is 0 Å². The van der Waals surface area contributed by atoms with Crippen LogP contribution >= 0.6 is 12.4 Å². The summed E-state index contributed by atoms with van der Waals surface area (Å²) >= 11 is 0. The largest absolute Gasteiger partial charge is 0.355 e. The Hall–Kier alpha value is -1.63. The number of benzene rings is 1. The van der Waals surface area contributed by atoms with Gasteiger partial charge in [0.2, 0.25) is 11.8 Å². The van der Waals surface area contributed by atoms with E-state index in [0.29, 0.717) is 26.2 Å². The highest BCUT2D eigenvalue weighted by Gasteiger charge is 2.26. The van der Waals surface area contributed by atoms with Crippen LogP contribution in [-0.2, 0) is 16.0 Å². The molecule has 2 rings (SSSR count). The summed E-state index contributed by atoms with van der Waals surface area (Å²) in [4.78, 5) is 26.4. The van der Waals surface area contributed by atoms with Crippen LogP contribution in [0.4, 0.5) is 5.69 Å². The van der Waals surface area contributed by atoms with Gasteiger partial charge in [-0.3, -0.25) is 14.5 Å². The van der Waals surface area contributed by atoms with E-state index in [1.54, 1.807) is 0 Å². The summed E-state index contributed by atoms with van der Waals surface area (Å²) in [6.07, 6.45) is 2.74. The summed E-state index contributed by atoms with van der Waals surface area (Å²) in [7, 11) is 0. The number of amides is 2. The maximum absolute atomic E-state index is 12.3. The smallest absolute Gasteiger partial charge is 0.238 e. The number of nitrogens with two attached hydrogens (primary N) is 1. The zero-order valence-corrected chi connectivity index (χ0v) is 15.6. The first kappa shape index (κ1) is 21.4. The van der Waals surface area contributed by atoms with Crippen molar-refractivity contribution >= 4 is 29.9 Å². The second-order valence-electron chi connectivity index (χ2n) is 6.26. The number of piperidine rings is 1. The lowest BCUT2D eigenvalue weighted by molar-refractivity contribution is -0.127. The molecule has 1 aromatic carbocycles. The zero-order valence-electron chi connectivity index (χ0n) is 14.8. The number of carbonyl (C=O) groups excluding carboxylic acids is 2. The van der Waals surface area contributed by atoms with Crippen LogP contribution in [0.15, 0.2) is 24.3 Å². The van der Waals surface area contributed by atoms with Crippen molar-refractivity contribution in [1.29, 1.82) is 0 Å². The Labute approximate surface area is 155 Å². The van der Waals surface area contributed by atoms with Gasteiger partial charge >= 0.3 is 0 Å². The monoisotopic (exact) mass is 368 g/mol. The lowest BCUT2D eigenvalue weighted by atomic mass is 9.97. The molecule has 1 aromatic rings. The van der Waals surface area contributed by atoms with Crippen molar-refractivity contribution in [2.24, 2.45) is 11.7 Å². The molecule has 1 fully saturated rings. The van der Waals surface area contributed by atoms with Crippen molar-refractivity contribution in [3.05, 3.63) is 29.8 Å². The molecular formula is C18H29ClN4O2. The van der Waals surface area contributed by atoms with E-state index >= 15 is 0 Å². The molecule has 0 saturated carbocycles. The van der Waals surface area contributed by atoms with Crippen LogP contribution in [0.25, 0.3) is 0 Å². The number of hydrogen-bond donors (Lipinski definition) is 3. The minimum atomic E-state index is -0.0541. The maximum Gasteiger partial charge on any atom is 0.238 e. The summed E-state index contributed by atoms with van der Waals surface area (Å²) < 4.78 is 0. The van der Waals surface area contributed by atoms with E-state index in [0.717, 1.165) is 31.5 Å². The SMILES string of the molecule is CCc1cccc(NC(=O)CN2CCCC(C(=O)NCCN)C2)c1.Cl. The lowest BCUT2D eigenvalue weighted by Gasteiger charge is -2.31. The molecule has 0 radical (unpaired) electrons. The predicted octanol–water partition coefficient (Wildman–Crippen LogP) is 1.40. The minimum absolute atomic E-state index is 0. The number of rotatable bonds is 7. The summed E-state index contributed by atoms with van der Waals surface area (Å²) in [6.45, 7) is 4.83. The quantitative estimate of drug-likeness (QED) is 0.678. The van der Waals surface area contributed by atoms with Gasteiger partial charge in [0.05, 0.1) is 12.5 Å². The zero-order chi connectivity index (χ0) is 17.4. The average molecular weight is 369 g/mol. The molecule has 25 heavy (non-hydrogen) atoms. The van der Waals surface area contributed by atoms with Crippen molar-refractivity contribution < 1.29 is 9.59 Å². The molecule has 1 saturated heterocycles. The highest BCUT2D eigenvalue weighted by molar-refractivity contribution is 5.92.